The summed E-state index contributed by atoms with van der Waals surface area (Å²) >= 11 is 7.81. The highest BCUT2D eigenvalue weighted by Gasteiger charge is 2.29. The Hall–Kier alpha value is -2.76. The van der Waals surface area contributed by atoms with E-state index in [1.54, 1.807) is 29.8 Å². The highest BCUT2D eigenvalue weighted by molar-refractivity contribution is 7.99. The molecule has 3 rings (SSSR count). The molecular formula is C26H27ClN2O2S. The highest BCUT2D eigenvalue weighted by Crippen LogP contribution is 2.21. The van der Waals surface area contributed by atoms with E-state index in [2.05, 4.69) is 5.32 Å². The maximum atomic E-state index is 13.4. The molecule has 0 aliphatic heterocycles. The first-order valence-corrected chi connectivity index (χ1v) is 11.9. The van der Waals surface area contributed by atoms with Crippen molar-refractivity contribution in [2.45, 2.75) is 30.3 Å². The van der Waals surface area contributed by atoms with E-state index in [1.807, 2.05) is 78.9 Å². The van der Waals surface area contributed by atoms with Gasteiger partial charge in [-0.3, -0.25) is 9.59 Å². The van der Waals surface area contributed by atoms with E-state index in [1.165, 1.54) is 0 Å². The van der Waals surface area contributed by atoms with Crippen LogP contribution in [0.15, 0.2) is 89.8 Å². The smallest absolute Gasteiger partial charge is 0.242 e. The van der Waals surface area contributed by atoms with Gasteiger partial charge in [-0.05, 0) is 35.4 Å². The van der Waals surface area contributed by atoms with Gasteiger partial charge in [-0.25, -0.2) is 0 Å². The van der Waals surface area contributed by atoms with Gasteiger partial charge in [0.15, 0.2) is 0 Å². The lowest BCUT2D eigenvalue weighted by molar-refractivity contribution is -0.140. The van der Waals surface area contributed by atoms with Crippen LogP contribution in [0.25, 0.3) is 0 Å². The molecule has 0 aromatic heterocycles. The van der Waals surface area contributed by atoms with Gasteiger partial charge in [0, 0.05) is 42.1 Å². The first-order valence-electron chi connectivity index (χ1n) is 10.5. The number of benzene rings is 3. The zero-order valence-corrected chi connectivity index (χ0v) is 19.6. The number of nitrogens with one attached hydrogen (secondary N) is 1. The monoisotopic (exact) mass is 466 g/mol. The molecule has 0 spiro atoms. The molecule has 3 aromatic rings. The number of nitrogens with zero attached hydrogens (tertiary/aromatic N) is 1. The minimum Gasteiger partial charge on any atom is -0.357 e. The maximum absolute atomic E-state index is 13.4. The molecule has 0 unspecified atom stereocenters. The van der Waals surface area contributed by atoms with Gasteiger partial charge in [0.05, 0.1) is 0 Å². The topological polar surface area (TPSA) is 49.4 Å². The summed E-state index contributed by atoms with van der Waals surface area (Å²) < 4.78 is 0. The minimum atomic E-state index is -0.615. The number of halogens is 1. The summed E-state index contributed by atoms with van der Waals surface area (Å²) in [6, 6.07) is 26.6. The fourth-order valence-corrected chi connectivity index (χ4v) is 4.54. The van der Waals surface area contributed by atoms with Crippen molar-refractivity contribution in [3.05, 3.63) is 101 Å². The van der Waals surface area contributed by atoms with Crippen molar-refractivity contribution in [3.8, 4) is 0 Å². The Kier molecular flexibility index (Phi) is 9.20. The fraction of sp³-hybridized carbons (Fsp3) is 0.231. The van der Waals surface area contributed by atoms with E-state index in [9.17, 15) is 9.59 Å². The second kappa shape index (κ2) is 12.3. The predicted molar refractivity (Wildman–Crippen MR) is 132 cm³/mol. The Morgan fingerprint density at radius 3 is 2.25 bits per heavy atom. The molecule has 2 amide bonds. The molecule has 0 aliphatic carbocycles. The Labute approximate surface area is 199 Å². The molecule has 0 aliphatic rings. The van der Waals surface area contributed by atoms with Crippen molar-refractivity contribution >= 4 is 35.2 Å². The summed E-state index contributed by atoms with van der Waals surface area (Å²) in [5, 5.41) is 3.34. The van der Waals surface area contributed by atoms with E-state index in [-0.39, 0.29) is 11.8 Å². The van der Waals surface area contributed by atoms with E-state index in [4.69, 9.17) is 11.6 Å². The fourth-order valence-electron chi connectivity index (χ4n) is 3.47. The van der Waals surface area contributed by atoms with Crippen LogP contribution in [0.2, 0.25) is 5.02 Å². The third-order valence-electron chi connectivity index (χ3n) is 5.09. The second-order valence-electron chi connectivity index (χ2n) is 7.38. The van der Waals surface area contributed by atoms with E-state index in [0.717, 1.165) is 16.0 Å². The summed E-state index contributed by atoms with van der Waals surface area (Å²) in [7, 11) is 1.60. The molecule has 0 bridgehead atoms. The Bertz CT molecular complexity index is 1010. The molecule has 1 atom stereocenters. The van der Waals surface area contributed by atoms with Gasteiger partial charge in [0.1, 0.15) is 6.04 Å². The molecule has 0 heterocycles. The highest BCUT2D eigenvalue weighted by atomic mass is 35.5. The van der Waals surface area contributed by atoms with Gasteiger partial charge in [-0.2, -0.15) is 0 Å². The normalized spacial score (nSPS) is 11.6. The number of carbonyl (C=O) groups is 2. The molecule has 0 fully saturated rings. The third-order valence-corrected chi connectivity index (χ3v) is 6.34. The predicted octanol–water partition coefficient (Wildman–Crippen LogP) is 5.21. The summed E-state index contributed by atoms with van der Waals surface area (Å²) in [6.45, 7) is 0.320. The van der Waals surface area contributed by atoms with Crippen molar-refractivity contribution in [1.82, 2.24) is 10.2 Å². The van der Waals surface area contributed by atoms with Crippen molar-refractivity contribution in [2.75, 3.05) is 12.8 Å². The zero-order chi connectivity index (χ0) is 22.8. The molecule has 166 valence electrons. The summed E-state index contributed by atoms with van der Waals surface area (Å²) in [6.07, 6.45) is 0.779. The number of hydrogen-bond acceptors (Lipinski definition) is 3. The Morgan fingerprint density at radius 1 is 0.938 bits per heavy atom. The Balaban J connectivity index is 1.81. The molecule has 3 aromatic carbocycles. The van der Waals surface area contributed by atoms with Gasteiger partial charge in [-0.1, -0.05) is 72.3 Å². The van der Waals surface area contributed by atoms with Crippen LogP contribution in [0.4, 0.5) is 0 Å². The standard InChI is InChI=1S/C26H27ClN2O2S/c1-28-26(31)24(18-20-9-4-2-5-10-20)29(19-21-11-8-12-22(27)17-21)25(30)15-16-32-23-13-6-3-7-14-23/h2-14,17,24H,15-16,18-19H2,1H3,(H,28,31)/t24-/m1/s1. The van der Waals surface area contributed by atoms with Crippen LogP contribution in [0, 0.1) is 0 Å². The van der Waals surface area contributed by atoms with Gasteiger partial charge >= 0.3 is 0 Å². The SMILES string of the molecule is CNC(=O)[C@@H](Cc1ccccc1)N(Cc1cccc(Cl)c1)C(=O)CCSc1ccccc1. The largest absolute Gasteiger partial charge is 0.357 e. The molecule has 4 nitrogen and oxygen atoms in total. The molecule has 6 heteroatoms. The zero-order valence-electron chi connectivity index (χ0n) is 18.0. The molecule has 0 saturated heterocycles. The van der Waals surface area contributed by atoms with Crippen LogP contribution in [0.5, 0.6) is 0 Å². The lowest BCUT2D eigenvalue weighted by Gasteiger charge is -2.31. The summed E-state index contributed by atoms with van der Waals surface area (Å²) in [5.74, 6) is 0.402. The van der Waals surface area contributed by atoms with Crippen molar-refractivity contribution in [3.63, 3.8) is 0 Å². The van der Waals surface area contributed by atoms with Crippen LogP contribution in [0.3, 0.4) is 0 Å². The number of carbonyl (C=O) groups excluding carboxylic acids is 2. The summed E-state index contributed by atoms with van der Waals surface area (Å²) in [4.78, 5) is 29.1. The lowest BCUT2D eigenvalue weighted by atomic mass is 10.0. The minimum absolute atomic E-state index is 0.0575. The van der Waals surface area contributed by atoms with Crippen LogP contribution >= 0.6 is 23.4 Å². The average Bonchev–Trinajstić information content (AvgIpc) is 2.82. The second-order valence-corrected chi connectivity index (χ2v) is 8.99. The first kappa shape index (κ1) is 23.9. The van der Waals surface area contributed by atoms with E-state index >= 15 is 0 Å². The molecule has 0 saturated carbocycles. The molecular weight excluding hydrogens is 440 g/mol. The van der Waals surface area contributed by atoms with Gasteiger partial charge in [-0.15, -0.1) is 11.8 Å². The van der Waals surface area contributed by atoms with Crippen LogP contribution in [0.1, 0.15) is 17.5 Å². The number of likely N-dealkylation sites (N-methyl/N-ethyl adjacent to an activating group) is 1. The molecule has 0 radical (unpaired) electrons. The molecule has 32 heavy (non-hydrogen) atoms. The van der Waals surface area contributed by atoms with Crippen molar-refractivity contribution in [1.29, 1.82) is 0 Å². The van der Waals surface area contributed by atoms with Crippen LogP contribution < -0.4 is 5.32 Å². The third kappa shape index (κ3) is 7.14. The molecule has 1 N–H and O–H groups in total. The average molecular weight is 467 g/mol. The van der Waals surface area contributed by atoms with Gasteiger partial charge < -0.3 is 10.2 Å². The lowest BCUT2D eigenvalue weighted by Crippen LogP contribution is -2.49. The van der Waals surface area contributed by atoms with Crippen molar-refractivity contribution < 1.29 is 9.59 Å². The number of hydrogen-bond donors (Lipinski definition) is 1. The maximum Gasteiger partial charge on any atom is 0.242 e. The number of amides is 2. The Morgan fingerprint density at radius 2 is 1.59 bits per heavy atom. The number of thioether (sulfide) groups is 1. The number of rotatable bonds is 10. The van der Waals surface area contributed by atoms with Crippen LogP contribution in [-0.4, -0.2) is 35.6 Å². The summed E-state index contributed by atoms with van der Waals surface area (Å²) in [5.41, 5.74) is 1.90. The van der Waals surface area contributed by atoms with E-state index in [0.29, 0.717) is 30.2 Å². The van der Waals surface area contributed by atoms with Gasteiger partial charge in [0.25, 0.3) is 0 Å². The van der Waals surface area contributed by atoms with Gasteiger partial charge in [0.2, 0.25) is 11.8 Å². The van der Waals surface area contributed by atoms with Crippen LogP contribution in [-0.2, 0) is 22.6 Å². The quantitative estimate of drug-likeness (QED) is 0.417. The van der Waals surface area contributed by atoms with E-state index < -0.39 is 6.04 Å². The first-order chi connectivity index (χ1) is 15.6. The van der Waals surface area contributed by atoms with Crippen molar-refractivity contribution in [2.24, 2.45) is 0 Å².